The smallest absolute Gasteiger partial charge is 0.256 e. The van der Waals surface area contributed by atoms with E-state index in [9.17, 15) is 4.79 Å². The van der Waals surface area contributed by atoms with E-state index in [1.807, 2.05) is 30.2 Å². The Labute approximate surface area is 150 Å². The molecule has 1 atom stereocenters. The molecule has 3 rings (SSSR count). The first-order chi connectivity index (χ1) is 12.1. The second-order valence-corrected chi connectivity index (χ2v) is 7.03. The number of hydrogen-bond acceptors (Lipinski definition) is 3. The molecular weight excluding hydrogens is 314 g/mol. The van der Waals surface area contributed by atoms with E-state index in [0.29, 0.717) is 13.2 Å². The van der Waals surface area contributed by atoms with Crippen LogP contribution in [-0.2, 0) is 11.3 Å². The fourth-order valence-electron chi connectivity index (χ4n) is 3.57. The Bertz CT molecular complexity index is 721. The zero-order valence-corrected chi connectivity index (χ0v) is 15.6. The maximum absolute atomic E-state index is 13.2. The summed E-state index contributed by atoms with van der Waals surface area (Å²) in [6.45, 7) is 6.06. The highest BCUT2D eigenvalue weighted by molar-refractivity contribution is 6.07. The molecule has 0 N–H and O–H groups in total. The molecule has 0 bridgehead atoms. The van der Waals surface area contributed by atoms with Crippen LogP contribution in [0.2, 0.25) is 0 Å². The summed E-state index contributed by atoms with van der Waals surface area (Å²) in [5.74, 6) is 0.129. The van der Waals surface area contributed by atoms with Crippen LogP contribution in [0.5, 0.6) is 0 Å². The highest BCUT2D eigenvalue weighted by Crippen LogP contribution is 2.24. The van der Waals surface area contributed by atoms with E-state index in [4.69, 9.17) is 4.74 Å². The molecule has 1 aromatic carbocycles. The van der Waals surface area contributed by atoms with Gasteiger partial charge in [0.1, 0.15) is 0 Å². The van der Waals surface area contributed by atoms with Gasteiger partial charge in [0.05, 0.1) is 11.7 Å². The normalized spacial score (nSPS) is 18.2. The monoisotopic (exact) mass is 343 g/mol. The molecule has 136 valence electrons. The average Bonchev–Trinajstić information content (AvgIpc) is 2.99. The van der Waals surface area contributed by atoms with Crippen LogP contribution in [0.3, 0.4) is 0 Å². The van der Waals surface area contributed by atoms with Gasteiger partial charge in [-0.25, -0.2) is 0 Å². The summed E-state index contributed by atoms with van der Waals surface area (Å²) in [5, 5.41) is 1.05. The molecule has 1 aliphatic heterocycles. The van der Waals surface area contributed by atoms with Gasteiger partial charge < -0.3 is 19.1 Å². The van der Waals surface area contributed by atoms with Gasteiger partial charge in [0, 0.05) is 49.9 Å². The first kappa shape index (κ1) is 18.0. The van der Waals surface area contributed by atoms with Gasteiger partial charge in [0.25, 0.3) is 5.91 Å². The van der Waals surface area contributed by atoms with Crippen LogP contribution in [0.1, 0.15) is 30.1 Å². The maximum atomic E-state index is 13.2. The molecule has 1 saturated heterocycles. The van der Waals surface area contributed by atoms with Gasteiger partial charge in [-0.3, -0.25) is 4.79 Å². The molecule has 1 aliphatic rings. The van der Waals surface area contributed by atoms with Gasteiger partial charge in [-0.05, 0) is 39.9 Å². The van der Waals surface area contributed by atoms with Gasteiger partial charge in [-0.1, -0.05) is 18.2 Å². The first-order valence-electron chi connectivity index (χ1n) is 9.23. The van der Waals surface area contributed by atoms with Gasteiger partial charge in [-0.2, -0.15) is 0 Å². The predicted molar refractivity (Wildman–Crippen MR) is 101 cm³/mol. The maximum Gasteiger partial charge on any atom is 0.256 e. The van der Waals surface area contributed by atoms with E-state index in [0.717, 1.165) is 48.9 Å². The van der Waals surface area contributed by atoms with Crippen molar-refractivity contribution >= 4 is 16.8 Å². The third-order valence-corrected chi connectivity index (χ3v) is 4.87. The van der Waals surface area contributed by atoms with Gasteiger partial charge >= 0.3 is 0 Å². The highest BCUT2D eigenvalue weighted by atomic mass is 16.5. The Morgan fingerprint density at radius 3 is 2.88 bits per heavy atom. The van der Waals surface area contributed by atoms with Crippen LogP contribution >= 0.6 is 0 Å². The number of ether oxygens (including phenoxy) is 1. The van der Waals surface area contributed by atoms with E-state index in [-0.39, 0.29) is 12.0 Å². The average molecular weight is 343 g/mol. The van der Waals surface area contributed by atoms with Crippen LogP contribution < -0.4 is 0 Å². The number of aromatic nitrogens is 1. The van der Waals surface area contributed by atoms with Gasteiger partial charge in [0.2, 0.25) is 0 Å². The molecule has 2 aromatic rings. The quantitative estimate of drug-likeness (QED) is 0.809. The van der Waals surface area contributed by atoms with Gasteiger partial charge in [-0.15, -0.1) is 0 Å². The molecule has 5 nitrogen and oxygen atoms in total. The number of amides is 1. The number of fused-ring (bicyclic) bond motifs is 1. The summed E-state index contributed by atoms with van der Waals surface area (Å²) in [4.78, 5) is 17.3. The minimum absolute atomic E-state index is 0.129. The second-order valence-electron chi connectivity index (χ2n) is 7.03. The molecular formula is C20H29N3O2. The van der Waals surface area contributed by atoms with Crippen molar-refractivity contribution in [1.82, 2.24) is 14.4 Å². The van der Waals surface area contributed by atoms with Crippen LogP contribution in [0.25, 0.3) is 10.9 Å². The zero-order valence-electron chi connectivity index (χ0n) is 15.6. The van der Waals surface area contributed by atoms with Crippen LogP contribution in [0, 0.1) is 0 Å². The fraction of sp³-hybridized carbons (Fsp3) is 0.550. The van der Waals surface area contributed by atoms with Crippen molar-refractivity contribution < 1.29 is 9.53 Å². The molecule has 0 radical (unpaired) electrons. The molecule has 5 heteroatoms. The minimum Gasteiger partial charge on any atom is -0.377 e. The summed E-state index contributed by atoms with van der Waals surface area (Å²) in [7, 11) is 4.14. The SMILES string of the molecule is CCOC1CCCN(C(=O)c2cn(CCN(C)C)c3ccccc23)C1. The molecule has 1 aromatic heterocycles. The summed E-state index contributed by atoms with van der Waals surface area (Å²) in [5.41, 5.74) is 1.94. The molecule has 0 aliphatic carbocycles. The lowest BCUT2D eigenvalue weighted by atomic mass is 10.1. The van der Waals surface area contributed by atoms with Crippen molar-refractivity contribution in [2.24, 2.45) is 0 Å². The number of para-hydroxylation sites is 1. The lowest BCUT2D eigenvalue weighted by Crippen LogP contribution is -2.43. The summed E-state index contributed by atoms with van der Waals surface area (Å²) in [6, 6.07) is 8.20. The third kappa shape index (κ3) is 4.05. The Hall–Kier alpha value is -1.85. The minimum atomic E-state index is 0.129. The van der Waals surface area contributed by atoms with Crippen LogP contribution in [-0.4, -0.2) is 66.7 Å². The van der Waals surface area contributed by atoms with Crippen LogP contribution in [0.4, 0.5) is 0 Å². The van der Waals surface area contributed by atoms with Gasteiger partial charge in [0.15, 0.2) is 0 Å². The third-order valence-electron chi connectivity index (χ3n) is 4.87. The van der Waals surface area contributed by atoms with Crippen molar-refractivity contribution in [2.75, 3.05) is 40.3 Å². The summed E-state index contributed by atoms with van der Waals surface area (Å²) < 4.78 is 7.95. The van der Waals surface area contributed by atoms with E-state index in [1.165, 1.54) is 0 Å². The molecule has 1 fully saturated rings. The number of hydrogen-bond donors (Lipinski definition) is 0. The predicted octanol–water partition coefficient (Wildman–Crippen LogP) is 2.84. The second kappa shape index (κ2) is 8.02. The number of piperidine rings is 1. The number of likely N-dealkylation sites (tertiary alicyclic amines) is 1. The van der Waals surface area contributed by atoms with E-state index < -0.39 is 0 Å². The van der Waals surface area contributed by atoms with Crippen molar-refractivity contribution in [3.8, 4) is 0 Å². The summed E-state index contributed by atoms with van der Waals surface area (Å²) >= 11 is 0. The largest absolute Gasteiger partial charge is 0.377 e. The van der Waals surface area contributed by atoms with Crippen molar-refractivity contribution in [2.45, 2.75) is 32.4 Å². The lowest BCUT2D eigenvalue weighted by molar-refractivity contribution is 0.00730. The number of likely N-dealkylation sites (N-methyl/N-ethyl adjacent to an activating group) is 1. The zero-order chi connectivity index (χ0) is 17.8. The van der Waals surface area contributed by atoms with Crippen molar-refractivity contribution in [3.63, 3.8) is 0 Å². The van der Waals surface area contributed by atoms with Crippen LogP contribution in [0.15, 0.2) is 30.5 Å². The molecule has 0 saturated carbocycles. The summed E-state index contributed by atoms with van der Waals surface area (Å²) in [6.07, 6.45) is 4.25. The van der Waals surface area contributed by atoms with Crippen molar-refractivity contribution in [3.05, 3.63) is 36.0 Å². The molecule has 25 heavy (non-hydrogen) atoms. The van der Waals surface area contributed by atoms with E-state index in [1.54, 1.807) is 0 Å². The number of benzene rings is 1. The van der Waals surface area contributed by atoms with E-state index in [2.05, 4.69) is 35.7 Å². The number of nitrogens with zero attached hydrogens (tertiary/aromatic N) is 3. The lowest BCUT2D eigenvalue weighted by Gasteiger charge is -2.32. The number of carbonyl (C=O) groups is 1. The molecule has 1 unspecified atom stereocenters. The molecule has 1 amide bonds. The Morgan fingerprint density at radius 2 is 2.12 bits per heavy atom. The fourth-order valence-corrected chi connectivity index (χ4v) is 3.57. The Balaban J connectivity index is 1.85. The Morgan fingerprint density at radius 1 is 1.32 bits per heavy atom. The van der Waals surface area contributed by atoms with Crippen molar-refractivity contribution in [1.29, 1.82) is 0 Å². The highest BCUT2D eigenvalue weighted by Gasteiger charge is 2.26. The topological polar surface area (TPSA) is 37.7 Å². The number of carbonyl (C=O) groups excluding carboxylic acids is 1. The standard InChI is InChI=1S/C20H29N3O2/c1-4-25-16-8-7-11-23(14-16)20(24)18-15-22(13-12-21(2)3)19-10-6-5-9-17(18)19/h5-6,9-10,15-16H,4,7-8,11-14H2,1-3H3. The number of rotatable bonds is 6. The van der Waals surface area contributed by atoms with E-state index >= 15 is 0 Å². The first-order valence-corrected chi connectivity index (χ1v) is 9.23. The molecule has 2 heterocycles. The molecule has 0 spiro atoms. The Kier molecular flexibility index (Phi) is 5.76.